The van der Waals surface area contributed by atoms with Crippen molar-refractivity contribution in [3.8, 4) is 0 Å². The van der Waals surface area contributed by atoms with Gasteiger partial charge in [-0.1, -0.05) is 6.42 Å². The fourth-order valence-electron chi connectivity index (χ4n) is 3.24. The van der Waals surface area contributed by atoms with Gasteiger partial charge in [-0.3, -0.25) is 14.6 Å². The molecule has 0 aromatic rings. The van der Waals surface area contributed by atoms with E-state index in [1.54, 1.807) is 0 Å². The second-order valence-electron chi connectivity index (χ2n) is 5.81. The van der Waals surface area contributed by atoms with Crippen molar-refractivity contribution < 1.29 is 9.53 Å². The molecule has 19 heavy (non-hydrogen) atoms. The van der Waals surface area contributed by atoms with E-state index in [9.17, 15) is 4.79 Å². The molecule has 2 N–H and O–H groups in total. The summed E-state index contributed by atoms with van der Waals surface area (Å²) in [5.74, 6) is -0.277. The molecule has 0 aromatic carbocycles. The summed E-state index contributed by atoms with van der Waals surface area (Å²) in [4.78, 5) is 16.6. The van der Waals surface area contributed by atoms with Gasteiger partial charge in [-0.15, -0.1) is 0 Å². The summed E-state index contributed by atoms with van der Waals surface area (Å²) in [5, 5.41) is 0. The first-order valence-electron chi connectivity index (χ1n) is 7.52. The minimum atomic E-state index is -0.516. The molecule has 0 bridgehead atoms. The lowest BCUT2D eigenvalue weighted by Crippen LogP contribution is -2.61. The molecule has 2 aliphatic heterocycles. The van der Waals surface area contributed by atoms with Crippen molar-refractivity contribution in [3.63, 3.8) is 0 Å². The second kappa shape index (κ2) is 6.68. The zero-order chi connectivity index (χ0) is 13.8. The molecule has 0 radical (unpaired) electrons. The number of esters is 1. The number of piperazine rings is 1. The van der Waals surface area contributed by atoms with Crippen LogP contribution in [0.2, 0.25) is 0 Å². The minimum Gasteiger partial charge on any atom is -0.465 e. The average Bonchev–Trinajstić information content (AvgIpc) is 2.39. The molecule has 2 heterocycles. The van der Waals surface area contributed by atoms with E-state index in [4.69, 9.17) is 10.5 Å². The van der Waals surface area contributed by atoms with Crippen LogP contribution in [0.3, 0.4) is 0 Å². The van der Waals surface area contributed by atoms with E-state index in [-0.39, 0.29) is 5.97 Å². The van der Waals surface area contributed by atoms with E-state index >= 15 is 0 Å². The highest BCUT2D eigenvalue weighted by atomic mass is 16.5. The Hall–Kier alpha value is -0.650. The van der Waals surface area contributed by atoms with Crippen LogP contribution in [0.5, 0.6) is 0 Å². The molecule has 0 spiro atoms. The molecule has 2 aliphatic rings. The molecule has 2 saturated heterocycles. The normalized spacial score (nSPS) is 30.7. The van der Waals surface area contributed by atoms with Crippen LogP contribution >= 0.6 is 0 Å². The Morgan fingerprint density at radius 2 is 2.21 bits per heavy atom. The summed E-state index contributed by atoms with van der Waals surface area (Å²) in [7, 11) is 0. The third-order valence-corrected chi connectivity index (χ3v) is 4.34. The summed E-state index contributed by atoms with van der Waals surface area (Å²) < 4.78 is 4.99. The molecule has 5 heteroatoms. The maximum Gasteiger partial charge on any atom is 0.324 e. The van der Waals surface area contributed by atoms with Crippen molar-refractivity contribution in [2.24, 2.45) is 5.73 Å². The lowest BCUT2D eigenvalue weighted by molar-refractivity contribution is -0.145. The largest absolute Gasteiger partial charge is 0.465 e. The molecule has 5 nitrogen and oxygen atoms in total. The number of rotatable bonds is 4. The first-order chi connectivity index (χ1) is 9.11. The fourth-order valence-corrected chi connectivity index (χ4v) is 3.24. The van der Waals surface area contributed by atoms with Crippen LogP contribution in [0.4, 0.5) is 0 Å². The van der Waals surface area contributed by atoms with Gasteiger partial charge in [0.05, 0.1) is 6.61 Å². The van der Waals surface area contributed by atoms with Gasteiger partial charge in [0.15, 0.2) is 0 Å². The highest BCUT2D eigenvalue weighted by molar-refractivity contribution is 5.75. The predicted molar refractivity (Wildman–Crippen MR) is 74.9 cm³/mol. The van der Waals surface area contributed by atoms with Gasteiger partial charge in [0.25, 0.3) is 0 Å². The minimum absolute atomic E-state index is 0.277. The standard InChI is InChI=1S/C14H27N3O2/c1-3-19-14(18)13(15)10-17-9-12-6-4-5-7-16(12)8-11(17)2/h11-13H,3-10,15H2,1-2H3. The summed E-state index contributed by atoms with van der Waals surface area (Å²) in [5.41, 5.74) is 5.93. The highest BCUT2D eigenvalue weighted by Gasteiger charge is 2.34. The molecular formula is C14H27N3O2. The molecule has 0 saturated carbocycles. The van der Waals surface area contributed by atoms with Crippen LogP contribution in [-0.4, -0.2) is 66.7 Å². The number of fused-ring (bicyclic) bond motifs is 1. The molecule has 3 atom stereocenters. The van der Waals surface area contributed by atoms with E-state index < -0.39 is 6.04 Å². The van der Waals surface area contributed by atoms with Crippen LogP contribution in [-0.2, 0) is 9.53 Å². The number of nitrogens with two attached hydrogens (primary N) is 1. The third kappa shape index (κ3) is 3.68. The Morgan fingerprint density at radius 1 is 1.42 bits per heavy atom. The smallest absolute Gasteiger partial charge is 0.324 e. The van der Waals surface area contributed by atoms with E-state index in [2.05, 4.69) is 16.7 Å². The molecule has 2 rings (SSSR count). The van der Waals surface area contributed by atoms with Crippen molar-refractivity contribution in [3.05, 3.63) is 0 Å². The molecule has 3 unspecified atom stereocenters. The number of hydrogen-bond acceptors (Lipinski definition) is 5. The van der Waals surface area contributed by atoms with Crippen molar-refractivity contribution in [2.45, 2.75) is 51.2 Å². The van der Waals surface area contributed by atoms with Gasteiger partial charge in [-0.05, 0) is 33.2 Å². The zero-order valence-electron chi connectivity index (χ0n) is 12.2. The Morgan fingerprint density at radius 3 is 2.95 bits per heavy atom. The highest BCUT2D eigenvalue weighted by Crippen LogP contribution is 2.23. The Kier molecular flexibility index (Phi) is 5.19. The van der Waals surface area contributed by atoms with Crippen LogP contribution < -0.4 is 5.73 Å². The summed E-state index contributed by atoms with van der Waals surface area (Å²) in [6, 6.07) is 0.603. The monoisotopic (exact) mass is 269 g/mol. The topological polar surface area (TPSA) is 58.8 Å². The van der Waals surface area contributed by atoms with Gasteiger partial charge in [0.2, 0.25) is 0 Å². The SMILES string of the molecule is CCOC(=O)C(N)CN1CC2CCCCN2CC1C. The molecule has 0 amide bonds. The number of carbonyl (C=O) groups is 1. The number of hydrogen-bond donors (Lipinski definition) is 1. The first-order valence-corrected chi connectivity index (χ1v) is 7.52. The van der Waals surface area contributed by atoms with Gasteiger partial charge in [-0.2, -0.15) is 0 Å². The molecule has 110 valence electrons. The Balaban J connectivity index is 1.87. The second-order valence-corrected chi connectivity index (χ2v) is 5.81. The number of ether oxygens (including phenoxy) is 1. The maximum atomic E-state index is 11.6. The van der Waals surface area contributed by atoms with E-state index in [0.29, 0.717) is 25.2 Å². The fraction of sp³-hybridized carbons (Fsp3) is 0.929. The van der Waals surface area contributed by atoms with Crippen LogP contribution in [0.15, 0.2) is 0 Å². The quantitative estimate of drug-likeness (QED) is 0.750. The number of carbonyl (C=O) groups excluding carboxylic acids is 1. The molecular weight excluding hydrogens is 242 g/mol. The van der Waals surface area contributed by atoms with E-state index in [0.717, 1.165) is 13.1 Å². The van der Waals surface area contributed by atoms with E-state index in [1.807, 2.05) is 6.92 Å². The maximum absolute atomic E-state index is 11.6. The summed E-state index contributed by atoms with van der Waals surface area (Å²) >= 11 is 0. The van der Waals surface area contributed by atoms with Gasteiger partial charge in [0.1, 0.15) is 6.04 Å². The lowest BCUT2D eigenvalue weighted by Gasteiger charge is -2.47. The Labute approximate surface area is 116 Å². The zero-order valence-corrected chi connectivity index (χ0v) is 12.2. The van der Waals surface area contributed by atoms with Gasteiger partial charge in [-0.25, -0.2) is 0 Å². The number of piperidine rings is 1. The van der Waals surface area contributed by atoms with E-state index in [1.165, 1.54) is 25.8 Å². The third-order valence-electron chi connectivity index (χ3n) is 4.34. The van der Waals surface area contributed by atoms with Crippen LogP contribution in [0, 0.1) is 0 Å². The van der Waals surface area contributed by atoms with Crippen molar-refractivity contribution in [1.82, 2.24) is 9.80 Å². The number of nitrogens with zero attached hydrogens (tertiary/aromatic N) is 2. The van der Waals surface area contributed by atoms with Crippen molar-refractivity contribution in [2.75, 3.05) is 32.8 Å². The Bertz CT molecular complexity index is 311. The molecule has 0 aliphatic carbocycles. The van der Waals surface area contributed by atoms with Crippen molar-refractivity contribution in [1.29, 1.82) is 0 Å². The first kappa shape index (κ1) is 14.8. The van der Waals surface area contributed by atoms with Crippen LogP contribution in [0.25, 0.3) is 0 Å². The van der Waals surface area contributed by atoms with Gasteiger partial charge < -0.3 is 10.5 Å². The summed E-state index contributed by atoms with van der Waals surface area (Å²) in [6.45, 7) is 8.42. The lowest BCUT2D eigenvalue weighted by atomic mass is 9.97. The average molecular weight is 269 g/mol. The molecule has 2 fully saturated rings. The predicted octanol–water partition coefficient (Wildman–Crippen LogP) is 0.435. The van der Waals surface area contributed by atoms with Crippen LogP contribution in [0.1, 0.15) is 33.1 Å². The van der Waals surface area contributed by atoms with Crippen molar-refractivity contribution >= 4 is 5.97 Å². The summed E-state index contributed by atoms with van der Waals surface area (Å²) in [6.07, 6.45) is 3.93. The van der Waals surface area contributed by atoms with Gasteiger partial charge in [0, 0.05) is 31.7 Å². The molecule has 0 aromatic heterocycles. The van der Waals surface area contributed by atoms with Gasteiger partial charge >= 0.3 is 5.97 Å².